The van der Waals surface area contributed by atoms with E-state index < -0.39 is 0 Å². The van der Waals surface area contributed by atoms with Gasteiger partial charge in [0.25, 0.3) is 0 Å². The number of hydrogen-bond acceptors (Lipinski definition) is 3. The van der Waals surface area contributed by atoms with Gasteiger partial charge in [-0.3, -0.25) is 9.29 Å². The normalized spacial score (nSPS) is 18.6. The van der Waals surface area contributed by atoms with Gasteiger partial charge in [0, 0.05) is 44.0 Å². The second-order valence-electron chi connectivity index (χ2n) is 10.2. The zero-order valence-electron chi connectivity index (χ0n) is 23.1. The number of fused-ring (bicyclic) bond motifs is 1. The monoisotopic (exact) mass is 530 g/mol. The van der Waals surface area contributed by atoms with Crippen LogP contribution in [0.1, 0.15) is 56.1 Å². The molecule has 1 aliphatic carbocycles. The Morgan fingerprint density at radius 3 is 2.38 bits per heavy atom. The van der Waals surface area contributed by atoms with Gasteiger partial charge in [-0.1, -0.05) is 50.3 Å². The number of nitrogens with zero attached hydrogens (tertiary/aromatic N) is 1. The lowest BCUT2D eigenvalue weighted by molar-refractivity contribution is 0.0668. The first-order chi connectivity index (χ1) is 19.0. The van der Waals surface area contributed by atoms with Crippen molar-refractivity contribution in [3.05, 3.63) is 112 Å². The third-order valence-electron chi connectivity index (χ3n) is 7.56. The zero-order chi connectivity index (χ0) is 27.5. The van der Waals surface area contributed by atoms with Gasteiger partial charge in [0.1, 0.15) is 30.0 Å². The van der Waals surface area contributed by atoms with Crippen LogP contribution < -0.4 is 9.47 Å². The second-order valence-corrected chi connectivity index (χ2v) is 10.2. The van der Waals surface area contributed by atoms with E-state index in [4.69, 9.17) is 9.47 Å². The third kappa shape index (κ3) is 5.79. The summed E-state index contributed by atoms with van der Waals surface area (Å²) in [6.45, 7) is 10.8. The Kier molecular flexibility index (Phi) is 8.18. The number of likely N-dealkylation sites (tertiary alicyclic amines) is 1. The number of hydrogen-bond donors (Lipinski definition) is 0. The summed E-state index contributed by atoms with van der Waals surface area (Å²) in [5, 5.41) is 0. The molecule has 5 heteroatoms. The molecule has 2 heterocycles. The molecule has 0 bridgehead atoms. The lowest BCUT2D eigenvalue weighted by Gasteiger charge is -2.37. The van der Waals surface area contributed by atoms with Gasteiger partial charge in [-0.15, -0.1) is 0 Å². The van der Waals surface area contributed by atoms with Gasteiger partial charge in [0.15, 0.2) is 0 Å². The highest BCUT2D eigenvalue weighted by atomic mass is 19.1. The fraction of sp³-hybridized carbons (Fsp3) is 0.324. The highest BCUT2D eigenvalue weighted by molar-refractivity contribution is 5.96. The maximum absolute atomic E-state index is 14.4. The van der Waals surface area contributed by atoms with Crippen molar-refractivity contribution in [1.82, 2.24) is 4.90 Å². The van der Waals surface area contributed by atoms with E-state index in [0.717, 1.165) is 70.1 Å². The molecule has 3 aromatic rings. The van der Waals surface area contributed by atoms with E-state index in [9.17, 15) is 8.78 Å². The average molecular weight is 531 g/mol. The van der Waals surface area contributed by atoms with Crippen molar-refractivity contribution >= 4 is 11.1 Å². The Hall–Kier alpha value is -3.44. The van der Waals surface area contributed by atoms with Crippen LogP contribution in [0.15, 0.2) is 72.8 Å². The highest BCUT2D eigenvalue weighted by Gasteiger charge is 2.31. The van der Waals surface area contributed by atoms with Crippen LogP contribution in [0.4, 0.5) is 8.78 Å². The lowest BCUT2D eigenvalue weighted by atomic mass is 9.84. The fourth-order valence-corrected chi connectivity index (χ4v) is 5.32. The van der Waals surface area contributed by atoms with Gasteiger partial charge < -0.3 is 9.47 Å². The molecule has 1 fully saturated rings. The summed E-state index contributed by atoms with van der Waals surface area (Å²) in [6, 6.07) is 19.2. The molecule has 2 aliphatic heterocycles. The van der Waals surface area contributed by atoms with Crippen LogP contribution in [-0.2, 0) is 0 Å². The van der Waals surface area contributed by atoms with Crippen LogP contribution in [-0.4, -0.2) is 37.8 Å². The van der Waals surface area contributed by atoms with E-state index in [2.05, 4.69) is 36.1 Å². The molecular formula is C34H38F2NO2. The van der Waals surface area contributed by atoms with Crippen molar-refractivity contribution in [2.45, 2.75) is 33.8 Å². The maximum atomic E-state index is 14.4. The van der Waals surface area contributed by atoms with E-state index in [0.29, 0.717) is 6.61 Å². The van der Waals surface area contributed by atoms with Gasteiger partial charge in [-0.2, -0.15) is 0 Å². The zero-order valence-corrected chi connectivity index (χ0v) is 23.1. The SMILES string of the molecule is CC.CC1=C(c2cc(F)ccc2C)C(c2ccc(OCCN3CC(CF)C3)cc2)Oc2ccc([C]3C=C3)cc21.[HH]. The van der Waals surface area contributed by atoms with Crippen LogP contribution in [0.5, 0.6) is 11.5 Å². The molecule has 39 heavy (non-hydrogen) atoms. The maximum Gasteiger partial charge on any atom is 0.150 e. The van der Waals surface area contributed by atoms with Crippen molar-refractivity contribution < 1.29 is 19.7 Å². The summed E-state index contributed by atoms with van der Waals surface area (Å²) >= 11 is 0. The molecule has 3 nitrogen and oxygen atoms in total. The molecule has 0 aromatic heterocycles. The molecule has 6 rings (SSSR count). The van der Waals surface area contributed by atoms with Crippen LogP contribution in [0, 0.1) is 24.6 Å². The molecule has 1 saturated heterocycles. The van der Waals surface area contributed by atoms with E-state index in [1.165, 1.54) is 12.0 Å². The Morgan fingerprint density at radius 1 is 0.949 bits per heavy atom. The van der Waals surface area contributed by atoms with Gasteiger partial charge in [-0.25, -0.2) is 4.39 Å². The van der Waals surface area contributed by atoms with Crippen molar-refractivity contribution in [3.8, 4) is 11.5 Å². The van der Waals surface area contributed by atoms with E-state index >= 15 is 0 Å². The number of benzene rings is 3. The minimum atomic E-state index is -0.377. The molecule has 1 unspecified atom stereocenters. The van der Waals surface area contributed by atoms with Crippen molar-refractivity contribution in [3.63, 3.8) is 0 Å². The molecule has 1 radical (unpaired) electrons. The Bertz CT molecular complexity index is 1370. The number of allylic oxidation sites excluding steroid dienone is 3. The highest BCUT2D eigenvalue weighted by Crippen LogP contribution is 2.48. The van der Waals surface area contributed by atoms with Crippen LogP contribution in [0.3, 0.4) is 0 Å². The summed E-state index contributed by atoms with van der Waals surface area (Å²) < 4.78 is 39.6. The molecule has 0 amide bonds. The third-order valence-corrected chi connectivity index (χ3v) is 7.56. The quantitative estimate of drug-likeness (QED) is 0.293. The van der Waals surface area contributed by atoms with Gasteiger partial charge >= 0.3 is 0 Å². The number of alkyl halides is 1. The molecular weight excluding hydrogens is 492 g/mol. The van der Waals surface area contributed by atoms with Crippen LogP contribution in [0.25, 0.3) is 11.1 Å². The predicted octanol–water partition coefficient (Wildman–Crippen LogP) is 8.24. The summed E-state index contributed by atoms with van der Waals surface area (Å²) in [5.41, 5.74) is 7.10. The van der Waals surface area contributed by atoms with Crippen LogP contribution >= 0.6 is 0 Å². The van der Waals surface area contributed by atoms with Gasteiger partial charge in [0.2, 0.25) is 0 Å². The Balaban J connectivity index is 0.00000121. The molecule has 3 aliphatic rings. The largest absolute Gasteiger partial charge is 0.492 e. The summed E-state index contributed by atoms with van der Waals surface area (Å²) in [6.07, 6.45) is 3.82. The fourth-order valence-electron chi connectivity index (χ4n) is 5.32. The van der Waals surface area contributed by atoms with E-state index in [1.54, 1.807) is 6.07 Å². The number of aryl methyl sites for hydroxylation is 1. The first-order valence-electron chi connectivity index (χ1n) is 13.8. The van der Waals surface area contributed by atoms with E-state index in [1.807, 2.05) is 57.2 Å². The standard InChI is InChI=1S/C32H30F2NO2.C2H6.H2/c1-20-3-9-26(34)16-28(20)31-21(2)29-15-25(23-4-5-23)8-12-30(29)37-32(31)24-6-10-27(11-7-24)36-14-13-35-18-22(17-33)19-35;1-2;/h3-12,15-16,22,32H,13-14,17-19H2,1-2H3;1-2H3;1H. The topological polar surface area (TPSA) is 21.7 Å². The Labute approximate surface area is 232 Å². The van der Waals surface area contributed by atoms with Crippen LogP contribution in [0.2, 0.25) is 0 Å². The average Bonchev–Trinajstić information content (AvgIpc) is 3.79. The molecule has 1 atom stereocenters. The smallest absolute Gasteiger partial charge is 0.150 e. The second kappa shape index (κ2) is 11.7. The van der Waals surface area contributed by atoms with Gasteiger partial charge in [-0.05, 0) is 78.1 Å². The molecule has 0 saturated carbocycles. The molecule has 0 N–H and O–H groups in total. The first kappa shape index (κ1) is 27.1. The predicted molar refractivity (Wildman–Crippen MR) is 156 cm³/mol. The number of halogens is 2. The molecule has 0 spiro atoms. The molecule has 3 aromatic carbocycles. The first-order valence-corrected chi connectivity index (χ1v) is 13.8. The summed E-state index contributed by atoms with van der Waals surface area (Å²) in [7, 11) is 0. The Morgan fingerprint density at radius 2 is 1.69 bits per heavy atom. The molecule has 205 valence electrons. The summed E-state index contributed by atoms with van der Waals surface area (Å²) in [4.78, 5) is 2.20. The van der Waals surface area contributed by atoms with Crippen molar-refractivity contribution in [2.75, 3.05) is 32.9 Å². The lowest BCUT2D eigenvalue weighted by Crippen LogP contribution is -2.49. The summed E-state index contributed by atoms with van der Waals surface area (Å²) in [5.74, 6) is 2.76. The van der Waals surface area contributed by atoms with E-state index in [-0.39, 0.29) is 25.9 Å². The minimum Gasteiger partial charge on any atom is -0.492 e. The van der Waals surface area contributed by atoms with Crippen molar-refractivity contribution in [1.29, 1.82) is 0 Å². The van der Waals surface area contributed by atoms with Crippen molar-refractivity contribution in [2.24, 2.45) is 5.92 Å². The number of ether oxygens (including phenoxy) is 2. The minimum absolute atomic E-state index is 0. The van der Waals surface area contributed by atoms with Gasteiger partial charge in [0.05, 0.1) is 6.67 Å². The number of rotatable bonds is 8.